The van der Waals surface area contributed by atoms with Crippen LogP contribution in [0.15, 0.2) is 59.6 Å². The summed E-state index contributed by atoms with van der Waals surface area (Å²) in [7, 11) is 0. The molecule has 0 bridgehead atoms. The smallest absolute Gasteiger partial charge is 0.335 e. The van der Waals surface area contributed by atoms with E-state index in [0.29, 0.717) is 11.3 Å². The number of H-pyrrole nitrogens is 1. The van der Waals surface area contributed by atoms with Crippen molar-refractivity contribution in [3.8, 4) is 0 Å². The highest BCUT2D eigenvalue weighted by atomic mass is 32.2. The van der Waals surface area contributed by atoms with Crippen molar-refractivity contribution in [2.24, 2.45) is 0 Å². The molecule has 3 nitrogen and oxygen atoms in total. The number of carboxylic acids is 1. The number of carboxylic acid groups (broad SMARTS) is 1. The van der Waals surface area contributed by atoms with Crippen molar-refractivity contribution in [1.29, 1.82) is 0 Å². The number of nitrogens with one attached hydrogen (secondary N) is 1. The Balaban J connectivity index is 1.81. The van der Waals surface area contributed by atoms with Gasteiger partial charge in [-0.05, 0) is 23.8 Å². The number of aromatic nitrogens is 1. The van der Waals surface area contributed by atoms with Gasteiger partial charge in [-0.15, -0.1) is 11.8 Å². The first-order chi connectivity index (χ1) is 9.74. The number of para-hydroxylation sites is 1. The molecule has 0 aliphatic rings. The SMILES string of the molecule is O=C(O)c1ccccc1CSc1cc2ccccc2[nH]1. The Labute approximate surface area is 120 Å². The molecule has 0 atom stereocenters. The second-order valence-corrected chi connectivity index (χ2v) is 5.49. The maximum atomic E-state index is 11.2. The van der Waals surface area contributed by atoms with Crippen molar-refractivity contribution in [2.75, 3.05) is 0 Å². The highest BCUT2D eigenvalue weighted by Gasteiger charge is 2.09. The van der Waals surface area contributed by atoms with Gasteiger partial charge >= 0.3 is 5.97 Å². The number of aromatic amines is 1. The van der Waals surface area contributed by atoms with Crippen LogP contribution in [0.1, 0.15) is 15.9 Å². The fourth-order valence-electron chi connectivity index (χ4n) is 2.13. The van der Waals surface area contributed by atoms with E-state index in [1.54, 1.807) is 23.9 Å². The van der Waals surface area contributed by atoms with Crippen LogP contribution in [-0.4, -0.2) is 16.1 Å². The summed E-state index contributed by atoms with van der Waals surface area (Å²) in [6.07, 6.45) is 0. The molecular weight excluding hydrogens is 270 g/mol. The minimum Gasteiger partial charge on any atom is -0.478 e. The van der Waals surface area contributed by atoms with E-state index in [-0.39, 0.29) is 0 Å². The molecule has 100 valence electrons. The summed E-state index contributed by atoms with van der Waals surface area (Å²) in [5.41, 5.74) is 2.31. The largest absolute Gasteiger partial charge is 0.478 e. The average molecular weight is 283 g/mol. The number of fused-ring (bicyclic) bond motifs is 1. The van der Waals surface area contributed by atoms with Crippen LogP contribution >= 0.6 is 11.8 Å². The van der Waals surface area contributed by atoms with Crippen LogP contribution in [0, 0.1) is 0 Å². The molecule has 3 aromatic rings. The number of hydrogen-bond acceptors (Lipinski definition) is 2. The topological polar surface area (TPSA) is 53.1 Å². The van der Waals surface area contributed by atoms with Gasteiger partial charge in [0.1, 0.15) is 0 Å². The van der Waals surface area contributed by atoms with Gasteiger partial charge in [0.15, 0.2) is 0 Å². The molecule has 4 heteroatoms. The van der Waals surface area contributed by atoms with E-state index >= 15 is 0 Å². The lowest BCUT2D eigenvalue weighted by Gasteiger charge is -2.04. The molecule has 0 aliphatic carbocycles. The van der Waals surface area contributed by atoms with Crippen LogP contribution in [-0.2, 0) is 5.75 Å². The zero-order valence-electron chi connectivity index (χ0n) is 10.7. The fraction of sp³-hybridized carbons (Fsp3) is 0.0625. The van der Waals surface area contributed by atoms with Crippen molar-refractivity contribution in [3.05, 3.63) is 65.7 Å². The Morgan fingerprint density at radius 1 is 1.10 bits per heavy atom. The highest BCUT2D eigenvalue weighted by molar-refractivity contribution is 7.98. The number of thioether (sulfide) groups is 1. The molecule has 0 fully saturated rings. The lowest BCUT2D eigenvalue weighted by atomic mass is 10.1. The maximum absolute atomic E-state index is 11.2. The van der Waals surface area contributed by atoms with Gasteiger partial charge in [-0.25, -0.2) is 4.79 Å². The van der Waals surface area contributed by atoms with E-state index in [1.165, 1.54) is 5.39 Å². The van der Waals surface area contributed by atoms with Crippen LogP contribution in [0.25, 0.3) is 10.9 Å². The Kier molecular flexibility index (Phi) is 3.48. The van der Waals surface area contributed by atoms with Gasteiger partial charge in [-0.3, -0.25) is 0 Å². The lowest BCUT2D eigenvalue weighted by Crippen LogP contribution is -2.00. The Hall–Kier alpha value is -2.20. The maximum Gasteiger partial charge on any atom is 0.335 e. The van der Waals surface area contributed by atoms with Crippen molar-refractivity contribution in [2.45, 2.75) is 10.8 Å². The Bertz CT molecular complexity index is 731. The van der Waals surface area contributed by atoms with Crippen molar-refractivity contribution >= 4 is 28.6 Å². The minimum absolute atomic E-state index is 0.371. The number of rotatable bonds is 4. The van der Waals surface area contributed by atoms with E-state index in [2.05, 4.69) is 17.1 Å². The summed E-state index contributed by atoms with van der Waals surface area (Å²) in [5, 5.41) is 11.4. The number of aromatic carboxylic acids is 1. The van der Waals surface area contributed by atoms with Gasteiger partial charge in [0.05, 0.1) is 10.6 Å². The quantitative estimate of drug-likeness (QED) is 0.707. The van der Waals surface area contributed by atoms with Crippen molar-refractivity contribution in [3.63, 3.8) is 0 Å². The summed E-state index contributed by atoms with van der Waals surface area (Å²) in [6.45, 7) is 0. The zero-order valence-corrected chi connectivity index (χ0v) is 11.5. The first kappa shape index (κ1) is 12.8. The summed E-state index contributed by atoms with van der Waals surface area (Å²) < 4.78 is 0. The molecule has 0 saturated heterocycles. The number of benzene rings is 2. The monoisotopic (exact) mass is 283 g/mol. The molecule has 3 rings (SSSR count). The van der Waals surface area contributed by atoms with Crippen LogP contribution < -0.4 is 0 Å². The van der Waals surface area contributed by atoms with Crippen LogP contribution in [0.5, 0.6) is 0 Å². The predicted molar refractivity (Wildman–Crippen MR) is 81.3 cm³/mol. The van der Waals surface area contributed by atoms with Gasteiger partial charge in [0.2, 0.25) is 0 Å². The Morgan fingerprint density at radius 2 is 1.85 bits per heavy atom. The fourth-order valence-corrected chi connectivity index (χ4v) is 3.09. The second kappa shape index (κ2) is 5.43. The van der Waals surface area contributed by atoms with E-state index in [9.17, 15) is 4.79 Å². The molecule has 0 unspecified atom stereocenters. The predicted octanol–water partition coefficient (Wildman–Crippen LogP) is 4.16. The lowest BCUT2D eigenvalue weighted by molar-refractivity contribution is 0.0696. The standard InChI is InChI=1S/C16H13NO2S/c18-16(19)13-7-3-1-6-12(13)10-20-15-9-11-5-2-4-8-14(11)17-15/h1-9,17H,10H2,(H,18,19). The highest BCUT2D eigenvalue weighted by Crippen LogP contribution is 2.27. The average Bonchev–Trinajstić information content (AvgIpc) is 2.88. The summed E-state index contributed by atoms with van der Waals surface area (Å²) in [5.74, 6) is -0.243. The first-order valence-corrected chi connectivity index (χ1v) is 7.24. The minimum atomic E-state index is -0.877. The van der Waals surface area contributed by atoms with Gasteiger partial charge in [0.25, 0.3) is 0 Å². The molecular formula is C16H13NO2S. The molecule has 20 heavy (non-hydrogen) atoms. The zero-order chi connectivity index (χ0) is 13.9. The molecule has 0 saturated carbocycles. The third-order valence-corrected chi connectivity index (χ3v) is 4.12. The van der Waals surface area contributed by atoms with E-state index in [0.717, 1.165) is 16.1 Å². The van der Waals surface area contributed by atoms with Gasteiger partial charge in [0, 0.05) is 16.7 Å². The van der Waals surface area contributed by atoms with Gasteiger partial charge in [-0.2, -0.15) is 0 Å². The first-order valence-electron chi connectivity index (χ1n) is 6.26. The van der Waals surface area contributed by atoms with E-state index < -0.39 is 5.97 Å². The van der Waals surface area contributed by atoms with Crippen LogP contribution in [0.3, 0.4) is 0 Å². The molecule has 0 amide bonds. The molecule has 2 aromatic carbocycles. The number of hydrogen-bond donors (Lipinski definition) is 2. The van der Waals surface area contributed by atoms with Gasteiger partial charge < -0.3 is 10.1 Å². The summed E-state index contributed by atoms with van der Waals surface area (Å²) in [4.78, 5) is 14.5. The van der Waals surface area contributed by atoms with E-state index in [1.807, 2.05) is 30.3 Å². The molecule has 1 heterocycles. The third-order valence-electron chi connectivity index (χ3n) is 3.14. The third kappa shape index (κ3) is 2.56. The second-order valence-electron chi connectivity index (χ2n) is 4.47. The summed E-state index contributed by atoms with van der Waals surface area (Å²) in [6, 6.07) is 17.3. The van der Waals surface area contributed by atoms with Crippen LogP contribution in [0.2, 0.25) is 0 Å². The summed E-state index contributed by atoms with van der Waals surface area (Å²) >= 11 is 1.61. The molecule has 2 N–H and O–H groups in total. The van der Waals surface area contributed by atoms with Gasteiger partial charge in [-0.1, -0.05) is 36.4 Å². The number of carbonyl (C=O) groups is 1. The van der Waals surface area contributed by atoms with Crippen molar-refractivity contribution in [1.82, 2.24) is 4.98 Å². The molecule has 0 aliphatic heterocycles. The molecule has 0 spiro atoms. The van der Waals surface area contributed by atoms with E-state index in [4.69, 9.17) is 5.11 Å². The molecule has 1 aromatic heterocycles. The Morgan fingerprint density at radius 3 is 2.65 bits per heavy atom. The molecule has 0 radical (unpaired) electrons. The van der Waals surface area contributed by atoms with Crippen LogP contribution in [0.4, 0.5) is 0 Å². The normalized spacial score (nSPS) is 10.8. The van der Waals surface area contributed by atoms with Crippen molar-refractivity contribution < 1.29 is 9.90 Å².